The summed E-state index contributed by atoms with van der Waals surface area (Å²) < 4.78 is 6.30. The average Bonchev–Trinajstić information content (AvgIpc) is 3.02. The summed E-state index contributed by atoms with van der Waals surface area (Å²) in [5.41, 5.74) is 1.45. The van der Waals surface area contributed by atoms with E-state index in [1.165, 1.54) is 0 Å². The Labute approximate surface area is 125 Å². The second kappa shape index (κ2) is 5.33. The maximum absolute atomic E-state index is 12.2. The maximum Gasteiger partial charge on any atom is 0.247 e. The second-order valence-electron chi connectivity index (χ2n) is 4.90. The van der Waals surface area contributed by atoms with Crippen molar-refractivity contribution in [2.75, 3.05) is 12.4 Å². The Morgan fingerprint density at radius 2 is 2.33 bits per heavy atom. The van der Waals surface area contributed by atoms with Gasteiger partial charge in [-0.2, -0.15) is 0 Å². The quantitative estimate of drug-likeness (QED) is 0.906. The van der Waals surface area contributed by atoms with Crippen molar-refractivity contribution in [1.29, 1.82) is 0 Å². The lowest BCUT2D eigenvalue weighted by atomic mass is 10.2. The third-order valence-electron chi connectivity index (χ3n) is 3.39. The van der Waals surface area contributed by atoms with Crippen LogP contribution in [0.25, 0.3) is 10.2 Å². The van der Waals surface area contributed by atoms with Crippen molar-refractivity contribution in [2.45, 2.75) is 25.8 Å². The minimum absolute atomic E-state index is 0.0874. The van der Waals surface area contributed by atoms with Crippen molar-refractivity contribution in [3.8, 4) is 5.75 Å². The number of methoxy groups -OCH3 is 1. The number of carbonyl (C=O) groups is 2. The van der Waals surface area contributed by atoms with Gasteiger partial charge < -0.3 is 15.4 Å². The number of hydrogen-bond acceptors (Lipinski definition) is 5. The number of rotatable bonds is 3. The topological polar surface area (TPSA) is 80.3 Å². The molecule has 1 fully saturated rings. The van der Waals surface area contributed by atoms with Crippen LogP contribution in [0.15, 0.2) is 12.1 Å². The molecule has 2 amide bonds. The van der Waals surface area contributed by atoms with Gasteiger partial charge in [0.15, 0.2) is 0 Å². The molecule has 3 rings (SSSR count). The van der Waals surface area contributed by atoms with Gasteiger partial charge in [-0.05, 0) is 19.4 Å². The molecular weight excluding hydrogens is 290 g/mol. The van der Waals surface area contributed by atoms with Gasteiger partial charge >= 0.3 is 0 Å². The number of amides is 2. The first-order chi connectivity index (χ1) is 10.1. The molecule has 6 nitrogen and oxygen atoms in total. The maximum atomic E-state index is 12.2. The molecule has 1 aliphatic heterocycles. The van der Waals surface area contributed by atoms with Crippen molar-refractivity contribution in [2.24, 2.45) is 0 Å². The van der Waals surface area contributed by atoms with Gasteiger partial charge in [-0.1, -0.05) is 0 Å². The summed E-state index contributed by atoms with van der Waals surface area (Å²) in [5.74, 6) is 0.251. The molecule has 1 aromatic carbocycles. The molecule has 21 heavy (non-hydrogen) atoms. The molecule has 0 aliphatic carbocycles. The standard InChI is InChI=1S/C14H15N3O3S/c1-7-15-10-5-11(20-2)9(6-12(10)21-7)17-14(19)8-3-4-13(18)16-8/h5-6,8H,3-4H2,1-2H3,(H,16,18)(H,17,19)/t8-/m0/s1. The van der Waals surface area contributed by atoms with Crippen LogP contribution in [-0.4, -0.2) is 29.9 Å². The molecule has 0 radical (unpaired) electrons. The van der Waals surface area contributed by atoms with E-state index in [2.05, 4.69) is 15.6 Å². The van der Waals surface area contributed by atoms with Crippen LogP contribution < -0.4 is 15.4 Å². The molecular formula is C14H15N3O3S. The highest BCUT2D eigenvalue weighted by atomic mass is 32.1. The van der Waals surface area contributed by atoms with Gasteiger partial charge in [-0.15, -0.1) is 11.3 Å². The number of aromatic nitrogens is 1. The molecule has 1 aliphatic rings. The van der Waals surface area contributed by atoms with Gasteiger partial charge in [0.1, 0.15) is 11.8 Å². The number of fused-ring (bicyclic) bond motifs is 1. The van der Waals surface area contributed by atoms with E-state index in [0.29, 0.717) is 24.3 Å². The van der Waals surface area contributed by atoms with E-state index in [9.17, 15) is 9.59 Å². The molecule has 7 heteroatoms. The number of ether oxygens (including phenoxy) is 1. The number of benzene rings is 1. The van der Waals surface area contributed by atoms with Crippen LogP contribution in [0.4, 0.5) is 5.69 Å². The molecule has 1 aromatic heterocycles. The summed E-state index contributed by atoms with van der Waals surface area (Å²) in [6.07, 6.45) is 0.914. The first kappa shape index (κ1) is 13.8. The van der Waals surface area contributed by atoms with Gasteiger partial charge in [0.25, 0.3) is 0 Å². The predicted molar refractivity (Wildman–Crippen MR) is 80.7 cm³/mol. The third kappa shape index (κ3) is 2.69. The molecule has 2 heterocycles. The van der Waals surface area contributed by atoms with E-state index in [1.54, 1.807) is 18.4 Å². The van der Waals surface area contributed by atoms with Crippen LogP contribution in [0.3, 0.4) is 0 Å². The third-order valence-corrected chi connectivity index (χ3v) is 4.32. The summed E-state index contributed by atoms with van der Waals surface area (Å²) in [7, 11) is 1.55. The van der Waals surface area contributed by atoms with Crippen LogP contribution in [0.5, 0.6) is 5.75 Å². The SMILES string of the molecule is COc1cc2nc(C)sc2cc1NC(=O)[C@@H]1CCC(=O)N1. The Kier molecular flexibility index (Phi) is 3.50. The summed E-state index contributed by atoms with van der Waals surface area (Å²) in [6, 6.07) is 3.19. The molecule has 1 saturated heterocycles. The number of nitrogens with one attached hydrogen (secondary N) is 2. The smallest absolute Gasteiger partial charge is 0.247 e. The Balaban J connectivity index is 1.88. The lowest BCUT2D eigenvalue weighted by Crippen LogP contribution is -2.37. The lowest BCUT2D eigenvalue weighted by Gasteiger charge is -2.13. The van der Waals surface area contributed by atoms with Crippen LogP contribution in [-0.2, 0) is 9.59 Å². The highest BCUT2D eigenvalue weighted by Gasteiger charge is 2.27. The Hall–Kier alpha value is -2.15. The van der Waals surface area contributed by atoms with Crippen LogP contribution in [0, 0.1) is 6.92 Å². The molecule has 0 saturated carbocycles. The molecule has 1 atom stereocenters. The van der Waals surface area contributed by atoms with Crippen molar-refractivity contribution in [3.05, 3.63) is 17.1 Å². The zero-order valence-electron chi connectivity index (χ0n) is 11.7. The molecule has 2 N–H and O–H groups in total. The van der Waals surface area contributed by atoms with Gasteiger partial charge in [-0.3, -0.25) is 9.59 Å². The van der Waals surface area contributed by atoms with Gasteiger partial charge in [-0.25, -0.2) is 4.98 Å². The van der Waals surface area contributed by atoms with E-state index in [1.807, 2.05) is 19.1 Å². The molecule has 0 bridgehead atoms. The van der Waals surface area contributed by atoms with Crippen molar-refractivity contribution in [1.82, 2.24) is 10.3 Å². The molecule has 110 valence electrons. The fourth-order valence-corrected chi connectivity index (χ4v) is 3.22. The summed E-state index contributed by atoms with van der Waals surface area (Å²) in [5, 5.41) is 6.43. The number of anilines is 1. The highest BCUT2D eigenvalue weighted by molar-refractivity contribution is 7.18. The zero-order chi connectivity index (χ0) is 15.0. The van der Waals surface area contributed by atoms with E-state index >= 15 is 0 Å². The summed E-state index contributed by atoms with van der Waals surface area (Å²) in [6.45, 7) is 1.93. The first-order valence-corrected chi connectivity index (χ1v) is 7.44. The Morgan fingerprint density at radius 1 is 1.52 bits per heavy atom. The van der Waals surface area contributed by atoms with Crippen LogP contribution in [0.1, 0.15) is 17.8 Å². The van der Waals surface area contributed by atoms with Crippen molar-refractivity contribution < 1.29 is 14.3 Å². The van der Waals surface area contributed by atoms with Crippen LogP contribution >= 0.6 is 11.3 Å². The molecule has 0 unspecified atom stereocenters. The van der Waals surface area contributed by atoms with E-state index < -0.39 is 6.04 Å². The summed E-state index contributed by atoms with van der Waals surface area (Å²) in [4.78, 5) is 27.8. The van der Waals surface area contributed by atoms with Crippen LogP contribution in [0.2, 0.25) is 0 Å². The monoisotopic (exact) mass is 305 g/mol. The van der Waals surface area contributed by atoms with Gasteiger partial charge in [0.05, 0.1) is 28.0 Å². The minimum atomic E-state index is -0.471. The van der Waals surface area contributed by atoms with Gasteiger partial charge in [0.2, 0.25) is 11.8 Å². The number of aryl methyl sites for hydroxylation is 1. The predicted octanol–water partition coefficient (Wildman–Crippen LogP) is 1.83. The largest absolute Gasteiger partial charge is 0.494 e. The first-order valence-electron chi connectivity index (χ1n) is 6.62. The molecule has 2 aromatic rings. The number of carbonyl (C=O) groups excluding carboxylic acids is 2. The van der Waals surface area contributed by atoms with E-state index in [0.717, 1.165) is 15.2 Å². The fraction of sp³-hybridized carbons (Fsp3) is 0.357. The molecule has 0 spiro atoms. The number of nitrogens with zero attached hydrogens (tertiary/aromatic N) is 1. The second-order valence-corrected chi connectivity index (χ2v) is 6.14. The lowest BCUT2D eigenvalue weighted by molar-refractivity contribution is -0.122. The van der Waals surface area contributed by atoms with Crippen molar-refractivity contribution in [3.63, 3.8) is 0 Å². The number of thiazole rings is 1. The highest BCUT2D eigenvalue weighted by Crippen LogP contribution is 2.33. The van der Waals surface area contributed by atoms with E-state index in [4.69, 9.17) is 4.74 Å². The Morgan fingerprint density at radius 3 is 3.00 bits per heavy atom. The Bertz CT molecular complexity index is 726. The zero-order valence-corrected chi connectivity index (χ0v) is 12.5. The van der Waals surface area contributed by atoms with E-state index in [-0.39, 0.29) is 11.8 Å². The van der Waals surface area contributed by atoms with Gasteiger partial charge in [0, 0.05) is 12.5 Å². The fourth-order valence-electron chi connectivity index (χ4n) is 2.37. The minimum Gasteiger partial charge on any atom is -0.494 e. The number of hydrogen-bond donors (Lipinski definition) is 2. The average molecular weight is 305 g/mol. The summed E-state index contributed by atoms with van der Waals surface area (Å²) >= 11 is 1.56. The van der Waals surface area contributed by atoms with Crippen molar-refractivity contribution >= 4 is 39.1 Å². The normalized spacial score (nSPS) is 17.8.